The van der Waals surface area contributed by atoms with Gasteiger partial charge < -0.3 is 9.84 Å². The van der Waals surface area contributed by atoms with Gasteiger partial charge in [0.1, 0.15) is 0 Å². The number of benzene rings is 1. The molecule has 0 aliphatic heterocycles. The van der Waals surface area contributed by atoms with Crippen LogP contribution in [0.3, 0.4) is 0 Å². The Morgan fingerprint density at radius 2 is 1.89 bits per heavy atom. The molecular weight excluding hydrogens is 332 g/mol. The van der Waals surface area contributed by atoms with Crippen LogP contribution in [0, 0.1) is 23.2 Å². The summed E-state index contributed by atoms with van der Waals surface area (Å²) in [5, 5.41) is 10.8. The maximum Gasteiger partial charge on any atom is 0.161 e. The highest BCUT2D eigenvalue weighted by Crippen LogP contribution is 2.45. The normalized spacial score (nSPS) is 29.1. The van der Waals surface area contributed by atoms with Gasteiger partial charge in [0, 0.05) is 11.0 Å². The van der Waals surface area contributed by atoms with Crippen LogP contribution in [0.2, 0.25) is 0 Å². The van der Waals surface area contributed by atoms with E-state index < -0.39 is 0 Å². The molecule has 3 aliphatic carbocycles. The summed E-state index contributed by atoms with van der Waals surface area (Å²) < 4.78 is 5.38. The molecule has 27 heavy (non-hydrogen) atoms. The van der Waals surface area contributed by atoms with E-state index in [9.17, 15) is 5.11 Å². The standard InChI is InChI=1S/C25H32O2/c1-16-13-22-19(7-8-23(27-4)24(22)26)15-20-14-18(16)6-5-17-9-11-25(2,3)12-10-21(17)20/h7-12,16,18,20,26H,5-6,13-15H2,1-4H3. The highest BCUT2D eigenvalue weighted by atomic mass is 16.5. The Balaban J connectivity index is 1.79. The van der Waals surface area contributed by atoms with E-state index in [-0.39, 0.29) is 5.41 Å². The average molecular weight is 365 g/mol. The van der Waals surface area contributed by atoms with Crippen molar-refractivity contribution in [3.05, 3.63) is 58.7 Å². The van der Waals surface area contributed by atoms with E-state index in [1.165, 1.54) is 36.0 Å². The molecule has 2 heteroatoms. The van der Waals surface area contributed by atoms with Gasteiger partial charge in [0.05, 0.1) is 7.11 Å². The van der Waals surface area contributed by atoms with Gasteiger partial charge in [-0.25, -0.2) is 0 Å². The molecule has 4 rings (SSSR count). The Morgan fingerprint density at radius 3 is 2.67 bits per heavy atom. The molecule has 0 spiro atoms. The van der Waals surface area contributed by atoms with E-state index >= 15 is 0 Å². The maximum absolute atomic E-state index is 10.8. The van der Waals surface area contributed by atoms with Crippen LogP contribution in [-0.4, -0.2) is 12.2 Å². The zero-order chi connectivity index (χ0) is 19.2. The van der Waals surface area contributed by atoms with Crippen molar-refractivity contribution in [3.63, 3.8) is 0 Å². The summed E-state index contributed by atoms with van der Waals surface area (Å²) in [4.78, 5) is 0. The highest BCUT2D eigenvalue weighted by Gasteiger charge is 2.33. The van der Waals surface area contributed by atoms with Crippen molar-refractivity contribution in [2.75, 3.05) is 7.11 Å². The van der Waals surface area contributed by atoms with Gasteiger partial charge in [-0.15, -0.1) is 0 Å². The van der Waals surface area contributed by atoms with Crippen LogP contribution < -0.4 is 4.74 Å². The average Bonchev–Trinajstić information content (AvgIpc) is 2.89. The first-order valence-corrected chi connectivity index (χ1v) is 10.4. The molecule has 0 radical (unpaired) electrons. The van der Waals surface area contributed by atoms with Crippen LogP contribution in [-0.2, 0) is 12.8 Å². The third kappa shape index (κ3) is 3.47. The van der Waals surface area contributed by atoms with E-state index in [2.05, 4.69) is 51.1 Å². The third-order valence-corrected chi connectivity index (χ3v) is 6.95. The van der Waals surface area contributed by atoms with Crippen LogP contribution in [0.4, 0.5) is 0 Å². The lowest BCUT2D eigenvalue weighted by atomic mass is 9.73. The van der Waals surface area contributed by atoms with Gasteiger partial charge >= 0.3 is 0 Å². The minimum absolute atomic E-state index is 0.115. The molecule has 0 fully saturated rings. The van der Waals surface area contributed by atoms with Gasteiger partial charge in [0.15, 0.2) is 11.5 Å². The molecule has 0 saturated heterocycles. The van der Waals surface area contributed by atoms with Gasteiger partial charge in [-0.1, -0.05) is 51.1 Å². The van der Waals surface area contributed by atoms with Gasteiger partial charge in [0.25, 0.3) is 0 Å². The third-order valence-electron chi connectivity index (χ3n) is 6.95. The number of hydrogen-bond donors (Lipinski definition) is 1. The molecular formula is C25H32O2. The summed E-state index contributed by atoms with van der Waals surface area (Å²) in [5.41, 5.74) is 5.56. The monoisotopic (exact) mass is 364 g/mol. The molecule has 1 aromatic rings. The number of methoxy groups -OCH3 is 1. The van der Waals surface area contributed by atoms with Crippen LogP contribution in [0.1, 0.15) is 51.2 Å². The molecule has 0 saturated carbocycles. The number of ether oxygens (including phenoxy) is 1. The van der Waals surface area contributed by atoms with Crippen LogP contribution in [0.25, 0.3) is 0 Å². The topological polar surface area (TPSA) is 29.5 Å². The number of aromatic hydroxyl groups is 1. The minimum Gasteiger partial charge on any atom is -0.504 e. The molecule has 0 heterocycles. The first kappa shape index (κ1) is 18.4. The van der Waals surface area contributed by atoms with Crippen LogP contribution in [0.15, 0.2) is 47.6 Å². The fraction of sp³-hybridized carbons (Fsp3) is 0.520. The predicted molar refractivity (Wildman–Crippen MR) is 111 cm³/mol. The molecule has 3 aliphatic rings. The molecule has 2 nitrogen and oxygen atoms in total. The van der Waals surface area contributed by atoms with E-state index in [1.54, 1.807) is 7.11 Å². The molecule has 144 valence electrons. The second-order valence-electron chi connectivity index (χ2n) is 9.34. The number of rotatable bonds is 1. The lowest BCUT2D eigenvalue weighted by molar-refractivity contribution is 0.275. The SMILES string of the molecule is COc1ccc2c(c1O)CC(C)C1CCC3=C(C=CC(C)(C)C=C3)C(C2)C1. The Bertz CT molecular complexity index is 825. The summed E-state index contributed by atoms with van der Waals surface area (Å²) in [7, 11) is 1.63. The predicted octanol–water partition coefficient (Wildman–Crippen LogP) is 6.00. The molecule has 2 bridgehead atoms. The van der Waals surface area contributed by atoms with E-state index in [4.69, 9.17) is 4.74 Å². The molecule has 0 amide bonds. The Hall–Kier alpha value is -1.96. The summed E-state index contributed by atoms with van der Waals surface area (Å²) in [6.07, 6.45) is 15.1. The second kappa shape index (κ2) is 6.89. The molecule has 1 N–H and O–H groups in total. The lowest BCUT2D eigenvalue weighted by Gasteiger charge is -2.31. The smallest absolute Gasteiger partial charge is 0.161 e. The van der Waals surface area contributed by atoms with Crippen molar-refractivity contribution < 1.29 is 9.84 Å². The Kier molecular flexibility index (Phi) is 4.70. The van der Waals surface area contributed by atoms with E-state index in [1.807, 2.05) is 6.07 Å². The molecule has 3 atom stereocenters. The summed E-state index contributed by atoms with van der Waals surface area (Å²) in [5.74, 6) is 2.75. The van der Waals surface area contributed by atoms with Crippen molar-refractivity contribution >= 4 is 0 Å². The summed E-state index contributed by atoms with van der Waals surface area (Å²) >= 11 is 0. The number of hydrogen-bond acceptors (Lipinski definition) is 2. The molecule has 0 aromatic heterocycles. The number of allylic oxidation sites excluding steroid dienone is 6. The number of phenols is 1. The highest BCUT2D eigenvalue weighted by molar-refractivity contribution is 5.51. The molecule has 1 aromatic carbocycles. The van der Waals surface area contributed by atoms with Gasteiger partial charge in [-0.3, -0.25) is 0 Å². The molecule has 3 unspecified atom stereocenters. The van der Waals surface area contributed by atoms with Crippen molar-refractivity contribution in [2.45, 2.75) is 52.9 Å². The zero-order valence-corrected chi connectivity index (χ0v) is 17.1. The fourth-order valence-electron chi connectivity index (χ4n) is 5.16. The maximum atomic E-state index is 10.8. The second-order valence-corrected chi connectivity index (χ2v) is 9.34. The van der Waals surface area contributed by atoms with Gasteiger partial charge in [-0.05, 0) is 72.6 Å². The first-order chi connectivity index (χ1) is 12.9. The zero-order valence-electron chi connectivity index (χ0n) is 17.1. The first-order valence-electron chi connectivity index (χ1n) is 10.4. The van der Waals surface area contributed by atoms with Gasteiger partial charge in [-0.2, -0.15) is 0 Å². The Morgan fingerprint density at radius 1 is 1.11 bits per heavy atom. The summed E-state index contributed by atoms with van der Waals surface area (Å²) in [6.45, 7) is 6.91. The number of fused-ring (bicyclic) bond motifs is 4. The lowest BCUT2D eigenvalue weighted by Crippen LogP contribution is -2.23. The van der Waals surface area contributed by atoms with Crippen molar-refractivity contribution in [1.29, 1.82) is 0 Å². The van der Waals surface area contributed by atoms with E-state index in [0.717, 1.165) is 18.4 Å². The quantitative estimate of drug-likeness (QED) is 0.662. The van der Waals surface area contributed by atoms with Crippen molar-refractivity contribution in [1.82, 2.24) is 0 Å². The van der Waals surface area contributed by atoms with Crippen LogP contribution in [0.5, 0.6) is 11.5 Å². The summed E-state index contributed by atoms with van der Waals surface area (Å²) in [6, 6.07) is 4.10. The Labute approximate surface area is 163 Å². The fourth-order valence-corrected chi connectivity index (χ4v) is 5.16. The van der Waals surface area contributed by atoms with Crippen molar-refractivity contribution in [3.8, 4) is 11.5 Å². The largest absolute Gasteiger partial charge is 0.504 e. The van der Waals surface area contributed by atoms with E-state index in [0.29, 0.717) is 29.3 Å². The minimum atomic E-state index is 0.115. The number of phenolic OH excluding ortho intramolecular Hbond substituents is 1. The van der Waals surface area contributed by atoms with Gasteiger partial charge in [0.2, 0.25) is 0 Å². The van der Waals surface area contributed by atoms with Crippen molar-refractivity contribution in [2.24, 2.45) is 23.2 Å². The van der Waals surface area contributed by atoms with Crippen LogP contribution >= 0.6 is 0 Å².